The highest BCUT2D eigenvalue weighted by molar-refractivity contribution is 5.82. The van der Waals surface area contributed by atoms with Gasteiger partial charge in [0.1, 0.15) is 0 Å². The van der Waals surface area contributed by atoms with Crippen molar-refractivity contribution in [2.75, 3.05) is 0 Å². The molecule has 1 aliphatic heterocycles. The van der Waals surface area contributed by atoms with Crippen molar-refractivity contribution in [2.24, 2.45) is 0 Å². The molecule has 15 heavy (non-hydrogen) atoms. The van der Waals surface area contributed by atoms with E-state index in [1.54, 1.807) is 0 Å². The van der Waals surface area contributed by atoms with Crippen LogP contribution in [0.2, 0.25) is 0 Å². The first-order valence-corrected chi connectivity index (χ1v) is 6.20. The first-order valence-electron chi connectivity index (χ1n) is 6.20. The summed E-state index contributed by atoms with van der Waals surface area (Å²) in [5.74, 6) is 0.183. The summed E-state index contributed by atoms with van der Waals surface area (Å²) in [6.45, 7) is 6.37. The molecule has 88 valence electrons. The molecular formula is C12H24N2O. The van der Waals surface area contributed by atoms with Crippen LogP contribution in [-0.2, 0) is 4.79 Å². The molecule has 0 aromatic carbocycles. The average molecular weight is 212 g/mol. The second kappa shape index (κ2) is 6.11. The normalized spacial score (nSPS) is 28.5. The van der Waals surface area contributed by atoms with Crippen LogP contribution in [-0.4, -0.2) is 24.0 Å². The van der Waals surface area contributed by atoms with Crippen LogP contribution in [0, 0.1) is 0 Å². The van der Waals surface area contributed by atoms with Crippen molar-refractivity contribution in [3.63, 3.8) is 0 Å². The van der Waals surface area contributed by atoms with Gasteiger partial charge in [-0.05, 0) is 39.5 Å². The smallest absolute Gasteiger partial charge is 0.237 e. The largest absolute Gasteiger partial charge is 0.352 e. The summed E-state index contributed by atoms with van der Waals surface area (Å²) in [6.07, 6.45) is 5.52. The van der Waals surface area contributed by atoms with Crippen molar-refractivity contribution in [1.82, 2.24) is 10.6 Å². The van der Waals surface area contributed by atoms with Crippen LogP contribution in [0.15, 0.2) is 0 Å². The number of hydrogen-bond acceptors (Lipinski definition) is 2. The third-order valence-electron chi connectivity index (χ3n) is 3.04. The Bertz CT molecular complexity index is 206. The van der Waals surface area contributed by atoms with Crippen LogP contribution >= 0.6 is 0 Å². The summed E-state index contributed by atoms with van der Waals surface area (Å²) in [5.41, 5.74) is 0. The second-order valence-electron chi connectivity index (χ2n) is 4.75. The predicted molar refractivity (Wildman–Crippen MR) is 62.7 cm³/mol. The highest BCUT2D eigenvalue weighted by Crippen LogP contribution is 2.12. The van der Waals surface area contributed by atoms with E-state index < -0.39 is 0 Å². The molecule has 1 fully saturated rings. The topological polar surface area (TPSA) is 41.1 Å². The molecule has 3 heteroatoms. The summed E-state index contributed by atoms with van der Waals surface area (Å²) >= 11 is 0. The van der Waals surface area contributed by atoms with Gasteiger partial charge in [0.25, 0.3) is 0 Å². The quantitative estimate of drug-likeness (QED) is 0.746. The molecule has 1 heterocycles. The standard InChI is InChI=1S/C12H24N2O/c1-4-6-9(2)14-12(15)11-8-5-7-10(3)13-11/h9-11,13H,4-8H2,1-3H3,(H,14,15). The Morgan fingerprint density at radius 1 is 1.53 bits per heavy atom. The van der Waals surface area contributed by atoms with Crippen molar-refractivity contribution in [3.8, 4) is 0 Å². The molecule has 1 rings (SSSR count). The molecular weight excluding hydrogens is 188 g/mol. The lowest BCUT2D eigenvalue weighted by atomic mass is 9.99. The fourth-order valence-corrected chi connectivity index (χ4v) is 2.19. The summed E-state index contributed by atoms with van der Waals surface area (Å²) in [7, 11) is 0. The van der Waals surface area contributed by atoms with Crippen LogP contribution in [0.4, 0.5) is 0 Å². The Morgan fingerprint density at radius 3 is 2.87 bits per heavy atom. The number of piperidine rings is 1. The van der Waals surface area contributed by atoms with Crippen LogP contribution in [0.1, 0.15) is 52.9 Å². The Morgan fingerprint density at radius 2 is 2.27 bits per heavy atom. The van der Waals surface area contributed by atoms with Gasteiger partial charge in [0, 0.05) is 12.1 Å². The van der Waals surface area contributed by atoms with E-state index in [9.17, 15) is 4.79 Å². The van der Waals surface area contributed by atoms with Gasteiger partial charge in [-0.2, -0.15) is 0 Å². The Kier molecular flexibility index (Phi) is 5.09. The van der Waals surface area contributed by atoms with Gasteiger partial charge in [-0.1, -0.05) is 13.3 Å². The van der Waals surface area contributed by atoms with Crippen molar-refractivity contribution >= 4 is 5.91 Å². The molecule has 0 aliphatic carbocycles. The lowest BCUT2D eigenvalue weighted by Gasteiger charge is -2.28. The summed E-state index contributed by atoms with van der Waals surface area (Å²) in [5, 5.41) is 6.42. The number of carbonyl (C=O) groups excluding carboxylic acids is 1. The fraction of sp³-hybridized carbons (Fsp3) is 0.917. The molecule has 1 aliphatic rings. The van der Waals surface area contributed by atoms with Gasteiger partial charge >= 0.3 is 0 Å². The summed E-state index contributed by atoms with van der Waals surface area (Å²) in [6, 6.07) is 0.825. The Labute approximate surface area is 93.0 Å². The lowest BCUT2D eigenvalue weighted by molar-refractivity contribution is -0.124. The van der Waals surface area contributed by atoms with E-state index in [1.807, 2.05) is 0 Å². The first kappa shape index (κ1) is 12.5. The number of hydrogen-bond donors (Lipinski definition) is 2. The molecule has 2 N–H and O–H groups in total. The maximum absolute atomic E-state index is 11.9. The second-order valence-corrected chi connectivity index (χ2v) is 4.75. The van der Waals surface area contributed by atoms with Gasteiger partial charge in [-0.3, -0.25) is 4.79 Å². The first-order chi connectivity index (χ1) is 7.13. The maximum atomic E-state index is 11.9. The zero-order valence-corrected chi connectivity index (χ0v) is 10.2. The van der Waals surface area contributed by atoms with E-state index >= 15 is 0 Å². The van der Waals surface area contributed by atoms with E-state index in [4.69, 9.17) is 0 Å². The van der Waals surface area contributed by atoms with Crippen molar-refractivity contribution in [1.29, 1.82) is 0 Å². The molecule has 0 aromatic heterocycles. The van der Waals surface area contributed by atoms with Gasteiger partial charge in [0.15, 0.2) is 0 Å². The third kappa shape index (κ3) is 4.20. The molecule has 3 atom stereocenters. The van der Waals surface area contributed by atoms with E-state index in [0.29, 0.717) is 12.1 Å². The van der Waals surface area contributed by atoms with E-state index in [2.05, 4.69) is 31.4 Å². The SMILES string of the molecule is CCCC(C)NC(=O)C1CCCC(C)N1. The minimum Gasteiger partial charge on any atom is -0.352 e. The fourth-order valence-electron chi connectivity index (χ4n) is 2.19. The minimum atomic E-state index is 0.0352. The zero-order chi connectivity index (χ0) is 11.3. The molecule has 0 aromatic rings. The number of nitrogens with one attached hydrogen (secondary N) is 2. The monoisotopic (exact) mass is 212 g/mol. The molecule has 0 saturated carbocycles. The minimum absolute atomic E-state index is 0.0352. The highest BCUT2D eigenvalue weighted by Gasteiger charge is 2.24. The number of amides is 1. The van der Waals surface area contributed by atoms with E-state index in [-0.39, 0.29) is 11.9 Å². The molecule has 0 spiro atoms. The van der Waals surface area contributed by atoms with Crippen molar-refractivity contribution in [2.45, 2.75) is 71.0 Å². The van der Waals surface area contributed by atoms with Gasteiger partial charge in [0.2, 0.25) is 5.91 Å². The van der Waals surface area contributed by atoms with Gasteiger partial charge in [0.05, 0.1) is 6.04 Å². The summed E-state index contributed by atoms with van der Waals surface area (Å²) in [4.78, 5) is 11.9. The Hall–Kier alpha value is -0.570. The summed E-state index contributed by atoms with van der Waals surface area (Å²) < 4.78 is 0. The van der Waals surface area contributed by atoms with Crippen molar-refractivity contribution < 1.29 is 4.79 Å². The van der Waals surface area contributed by atoms with Gasteiger partial charge < -0.3 is 10.6 Å². The zero-order valence-electron chi connectivity index (χ0n) is 10.2. The molecule has 3 unspecified atom stereocenters. The predicted octanol–water partition coefficient (Wildman–Crippen LogP) is 1.82. The van der Waals surface area contributed by atoms with Crippen LogP contribution < -0.4 is 10.6 Å². The van der Waals surface area contributed by atoms with Gasteiger partial charge in [-0.25, -0.2) is 0 Å². The van der Waals surface area contributed by atoms with Crippen LogP contribution in [0.3, 0.4) is 0 Å². The lowest BCUT2D eigenvalue weighted by Crippen LogP contribution is -2.51. The maximum Gasteiger partial charge on any atom is 0.237 e. The van der Waals surface area contributed by atoms with E-state index in [0.717, 1.165) is 25.7 Å². The third-order valence-corrected chi connectivity index (χ3v) is 3.04. The highest BCUT2D eigenvalue weighted by atomic mass is 16.2. The average Bonchev–Trinajstić information content (AvgIpc) is 2.18. The van der Waals surface area contributed by atoms with E-state index in [1.165, 1.54) is 6.42 Å². The Balaban J connectivity index is 2.32. The van der Waals surface area contributed by atoms with Crippen molar-refractivity contribution in [3.05, 3.63) is 0 Å². The number of carbonyl (C=O) groups is 1. The number of rotatable bonds is 4. The van der Waals surface area contributed by atoms with Crippen LogP contribution in [0.5, 0.6) is 0 Å². The molecule has 0 radical (unpaired) electrons. The molecule has 1 amide bonds. The molecule has 0 bridgehead atoms. The molecule has 3 nitrogen and oxygen atoms in total. The van der Waals surface area contributed by atoms with Gasteiger partial charge in [-0.15, -0.1) is 0 Å². The molecule has 1 saturated heterocycles. The van der Waals surface area contributed by atoms with Crippen LogP contribution in [0.25, 0.3) is 0 Å².